The third kappa shape index (κ3) is 2.75. The van der Waals surface area contributed by atoms with Gasteiger partial charge in [0.1, 0.15) is 0 Å². The highest BCUT2D eigenvalue weighted by atomic mass is 16.5. The number of ether oxygens (including phenoxy) is 1. The molecule has 0 amide bonds. The fourth-order valence-electron chi connectivity index (χ4n) is 3.70. The number of carbonyl (C=O) groups is 2. The zero-order valence-corrected chi connectivity index (χ0v) is 14.5. The Morgan fingerprint density at radius 2 is 2.12 bits per heavy atom. The van der Waals surface area contributed by atoms with Crippen molar-refractivity contribution in [2.45, 2.75) is 39.5 Å². The highest BCUT2D eigenvalue weighted by molar-refractivity contribution is 6.04. The monoisotopic (exact) mass is 326 g/mol. The number of pyridine rings is 1. The van der Waals surface area contributed by atoms with Crippen LogP contribution in [0.25, 0.3) is 0 Å². The van der Waals surface area contributed by atoms with Crippen LogP contribution in [0.1, 0.15) is 45.1 Å². The standard InChI is InChI=1S/C19H22N2O3/c1-11-15(18(23)24-4)16(12-6-5-7-20-10-12)17-13(21-11)8-19(2,3)9-14(17)22/h5-7,10,16,21H,8-9H2,1-4H3/t16-/m1/s1. The van der Waals surface area contributed by atoms with E-state index in [1.807, 2.05) is 19.1 Å². The van der Waals surface area contributed by atoms with Crippen molar-refractivity contribution in [1.82, 2.24) is 10.3 Å². The van der Waals surface area contributed by atoms with Gasteiger partial charge in [0.15, 0.2) is 5.78 Å². The molecular weight excluding hydrogens is 304 g/mol. The molecule has 0 saturated heterocycles. The lowest BCUT2D eigenvalue weighted by molar-refractivity contribution is -0.136. The van der Waals surface area contributed by atoms with Crippen LogP contribution < -0.4 is 5.32 Å². The first-order valence-corrected chi connectivity index (χ1v) is 8.06. The van der Waals surface area contributed by atoms with E-state index in [9.17, 15) is 9.59 Å². The van der Waals surface area contributed by atoms with Crippen LogP contribution in [0.3, 0.4) is 0 Å². The fourth-order valence-corrected chi connectivity index (χ4v) is 3.70. The Balaban J connectivity index is 2.19. The molecule has 0 unspecified atom stereocenters. The first-order chi connectivity index (χ1) is 11.3. The second-order valence-electron chi connectivity index (χ2n) is 7.21. The van der Waals surface area contributed by atoms with Gasteiger partial charge in [0.05, 0.1) is 12.7 Å². The van der Waals surface area contributed by atoms with E-state index in [1.165, 1.54) is 7.11 Å². The number of allylic oxidation sites excluding steroid dienone is 3. The minimum absolute atomic E-state index is 0.0801. The van der Waals surface area contributed by atoms with Crippen molar-refractivity contribution in [1.29, 1.82) is 0 Å². The highest BCUT2D eigenvalue weighted by Gasteiger charge is 2.42. The van der Waals surface area contributed by atoms with E-state index in [2.05, 4.69) is 24.1 Å². The number of rotatable bonds is 2. The molecule has 0 bridgehead atoms. The molecule has 3 rings (SSSR count). The summed E-state index contributed by atoms with van der Waals surface area (Å²) >= 11 is 0. The van der Waals surface area contributed by atoms with E-state index in [0.717, 1.165) is 23.4 Å². The molecule has 1 aliphatic heterocycles. The number of ketones is 1. The maximum absolute atomic E-state index is 12.9. The molecule has 24 heavy (non-hydrogen) atoms. The first kappa shape index (κ1) is 16.4. The molecule has 1 aliphatic carbocycles. The molecule has 0 radical (unpaired) electrons. The zero-order valence-electron chi connectivity index (χ0n) is 14.5. The van der Waals surface area contributed by atoms with Gasteiger partial charge < -0.3 is 10.1 Å². The van der Waals surface area contributed by atoms with Gasteiger partial charge in [0, 0.05) is 41.7 Å². The Hall–Kier alpha value is -2.43. The average molecular weight is 326 g/mol. The molecule has 5 nitrogen and oxygen atoms in total. The Labute approximate surface area is 141 Å². The molecule has 5 heteroatoms. The van der Waals surface area contributed by atoms with Gasteiger partial charge in [0.25, 0.3) is 0 Å². The number of carbonyl (C=O) groups excluding carboxylic acids is 2. The lowest BCUT2D eigenvalue weighted by atomic mass is 9.69. The van der Waals surface area contributed by atoms with Gasteiger partial charge in [0.2, 0.25) is 0 Å². The van der Waals surface area contributed by atoms with Crippen molar-refractivity contribution in [2.24, 2.45) is 5.41 Å². The van der Waals surface area contributed by atoms with Crippen LogP contribution in [-0.4, -0.2) is 23.8 Å². The predicted molar refractivity (Wildman–Crippen MR) is 89.9 cm³/mol. The van der Waals surface area contributed by atoms with Crippen LogP contribution in [-0.2, 0) is 14.3 Å². The summed E-state index contributed by atoms with van der Waals surface area (Å²) in [6.07, 6.45) is 4.64. The van der Waals surface area contributed by atoms with Crippen LogP contribution in [0.2, 0.25) is 0 Å². The number of aromatic nitrogens is 1. The number of methoxy groups -OCH3 is 1. The van der Waals surface area contributed by atoms with Crippen molar-refractivity contribution in [2.75, 3.05) is 7.11 Å². The molecule has 0 saturated carbocycles. The van der Waals surface area contributed by atoms with Crippen molar-refractivity contribution >= 4 is 11.8 Å². The van der Waals surface area contributed by atoms with Crippen LogP contribution in [0.15, 0.2) is 47.1 Å². The molecule has 1 aromatic heterocycles. The minimum atomic E-state index is -0.425. The van der Waals surface area contributed by atoms with Gasteiger partial charge in [-0.3, -0.25) is 9.78 Å². The number of dihydropyridines is 1. The van der Waals surface area contributed by atoms with Crippen LogP contribution in [0.5, 0.6) is 0 Å². The zero-order chi connectivity index (χ0) is 17.5. The molecule has 1 N–H and O–H groups in total. The molecule has 2 aliphatic rings. The predicted octanol–water partition coefficient (Wildman–Crippen LogP) is 2.86. The van der Waals surface area contributed by atoms with Crippen molar-refractivity contribution in [3.63, 3.8) is 0 Å². The maximum atomic E-state index is 12.9. The summed E-state index contributed by atoms with van der Waals surface area (Å²) < 4.78 is 4.98. The maximum Gasteiger partial charge on any atom is 0.336 e. The normalized spacial score (nSPS) is 22.8. The lowest BCUT2D eigenvalue weighted by Crippen LogP contribution is -2.38. The van der Waals surface area contributed by atoms with Gasteiger partial charge in [-0.05, 0) is 30.4 Å². The second-order valence-corrected chi connectivity index (χ2v) is 7.21. The third-order valence-corrected chi connectivity index (χ3v) is 4.66. The molecule has 126 valence electrons. The summed E-state index contributed by atoms with van der Waals surface area (Å²) in [4.78, 5) is 29.5. The average Bonchev–Trinajstić information content (AvgIpc) is 2.52. The molecule has 0 spiro atoms. The van der Waals surface area contributed by atoms with E-state index in [-0.39, 0.29) is 11.2 Å². The summed E-state index contributed by atoms with van der Waals surface area (Å²) in [5.41, 5.74) is 3.55. The van der Waals surface area contributed by atoms with Gasteiger partial charge >= 0.3 is 5.97 Å². The van der Waals surface area contributed by atoms with Crippen molar-refractivity contribution < 1.29 is 14.3 Å². The van der Waals surface area contributed by atoms with E-state index in [4.69, 9.17) is 4.74 Å². The van der Waals surface area contributed by atoms with E-state index >= 15 is 0 Å². The highest BCUT2D eigenvalue weighted by Crippen LogP contribution is 2.46. The third-order valence-electron chi connectivity index (χ3n) is 4.66. The lowest BCUT2D eigenvalue weighted by Gasteiger charge is -2.39. The number of Topliss-reactive ketones (excluding diaryl/α,β-unsaturated/α-hetero) is 1. The Kier molecular flexibility index (Phi) is 4.03. The van der Waals surface area contributed by atoms with Gasteiger partial charge in [-0.1, -0.05) is 19.9 Å². The topological polar surface area (TPSA) is 68.3 Å². The van der Waals surface area contributed by atoms with Crippen LogP contribution in [0, 0.1) is 5.41 Å². The SMILES string of the molecule is COC(=O)C1=C(C)NC2=C(C(=O)CC(C)(C)C2)[C@@H]1c1cccnc1. The molecule has 0 aromatic carbocycles. The quantitative estimate of drug-likeness (QED) is 0.847. The summed E-state index contributed by atoms with van der Waals surface area (Å²) in [5.74, 6) is -0.763. The van der Waals surface area contributed by atoms with Crippen LogP contribution in [0.4, 0.5) is 0 Å². The van der Waals surface area contributed by atoms with E-state index in [1.54, 1.807) is 12.4 Å². The smallest absolute Gasteiger partial charge is 0.336 e. The summed E-state index contributed by atoms with van der Waals surface area (Å²) in [7, 11) is 1.36. The Morgan fingerprint density at radius 3 is 2.75 bits per heavy atom. The van der Waals surface area contributed by atoms with E-state index in [0.29, 0.717) is 17.6 Å². The number of hydrogen-bond acceptors (Lipinski definition) is 5. The van der Waals surface area contributed by atoms with Gasteiger partial charge in [-0.2, -0.15) is 0 Å². The van der Waals surface area contributed by atoms with Gasteiger partial charge in [-0.15, -0.1) is 0 Å². The van der Waals surface area contributed by atoms with Crippen molar-refractivity contribution in [3.05, 3.63) is 52.6 Å². The van der Waals surface area contributed by atoms with Gasteiger partial charge in [-0.25, -0.2) is 4.79 Å². The summed E-state index contributed by atoms with van der Waals surface area (Å²) in [6, 6.07) is 3.72. The largest absolute Gasteiger partial charge is 0.466 e. The summed E-state index contributed by atoms with van der Waals surface area (Å²) in [6.45, 7) is 6.03. The Morgan fingerprint density at radius 1 is 1.38 bits per heavy atom. The molecule has 1 atom stereocenters. The molecular formula is C19H22N2O3. The summed E-state index contributed by atoms with van der Waals surface area (Å²) in [5, 5.41) is 3.29. The van der Waals surface area contributed by atoms with Crippen LogP contribution >= 0.6 is 0 Å². The first-order valence-electron chi connectivity index (χ1n) is 8.06. The van der Waals surface area contributed by atoms with E-state index < -0.39 is 11.9 Å². The number of nitrogens with one attached hydrogen (secondary N) is 1. The second kappa shape index (κ2) is 5.89. The fraction of sp³-hybridized carbons (Fsp3) is 0.421. The molecule has 1 aromatic rings. The minimum Gasteiger partial charge on any atom is -0.466 e. The Bertz CT molecular complexity index is 760. The molecule has 2 heterocycles. The number of nitrogens with zero attached hydrogens (tertiary/aromatic N) is 1. The van der Waals surface area contributed by atoms with Crippen molar-refractivity contribution in [3.8, 4) is 0 Å². The number of esters is 1. The molecule has 0 fully saturated rings. The number of hydrogen-bond donors (Lipinski definition) is 1.